The van der Waals surface area contributed by atoms with Gasteiger partial charge in [-0.15, -0.1) is 11.8 Å². The molecule has 0 amide bonds. The van der Waals surface area contributed by atoms with Crippen LogP contribution in [0.25, 0.3) is 10.9 Å². The van der Waals surface area contributed by atoms with Crippen LogP contribution >= 0.6 is 11.8 Å². The predicted molar refractivity (Wildman–Crippen MR) is 148 cm³/mol. The van der Waals surface area contributed by atoms with Crippen molar-refractivity contribution in [3.8, 4) is 0 Å². The highest BCUT2D eigenvalue weighted by molar-refractivity contribution is 8.00. The molecule has 3 aromatic rings. The molecule has 3 unspecified atom stereocenters. The molecule has 2 aromatic heterocycles. The second kappa shape index (κ2) is 11.3. The summed E-state index contributed by atoms with van der Waals surface area (Å²) in [6.45, 7) is 5.29. The van der Waals surface area contributed by atoms with Gasteiger partial charge in [-0.05, 0) is 67.5 Å². The maximum absolute atomic E-state index is 13.3. The molecule has 7 nitrogen and oxygen atoms in total. The van der Waals surface area contributed by atoms with E-state index in [1.165, 1.54) is 23.5 Å². The number of aromatic nitrogens is 3. The third-order valence-corrected chi connectivity index (χ3v) is 9.96. The van der Waals surface area contributed by atoms with Crippen molar-refractivity contribution in [1.29, 1.82) is 0 Å². The number of carbonyl (C=O) groups excluding carboxylic acids is 1. The van der Waals surface area contributed by atoms with Crippen LogP contribution < -0.4 is 5.32 Å². The van der Waals surface area contributed by atoms with Crippen molar-refractivity contribution >= 4 is 34.3 Å². The summed E-state index contributed by atoms with van der Waals surface area (Å²) < 4.78 is 45.5. The first-order valence-electron chi connectivity index (χ1n) is 13.7. The van der Waals surface area contributed by atoms with Crippen molar-refractivity contribution in [2.45, 2.75) is 55.3 Å². The monoisotopic (exact) mass is 571 g/mol. The van der Waals surface area contributed by atoms with Crippen molar-refractivity contribution in [3.05, 3.63) is 59.2 Å². The second-order valence-corrected chi connectivity index (χ2v) is 12.5. The van der Waals surface area contributed by atoms with Crippen LogP contribution in [0.1, 0.15) is 46.9 Å². The Bertz CT molecular complexity index is 1400. The number of nitrogens with one attached hydrogen (secondary N) is 1. The van der Waals surface area contributed by atoms with E-state index in [1.54, 1.807) is 0 Å². The number of rotatable bonds is 8. The molecular formula is C29H32F3N5O2S. The summed E-state index contributed by atoms with van der Waals surface area (Å²) in [5.74, 6) is 0.432. The van der Waals surface area contributed by atoms with Crippen LogP contribution in [-0.2, 0) is 22.1 Å². The molecule has 0 spiro atoms. The van der Waals surface area contributed by atoms with Crippen molar-refractivity contribution < 1.29 is 22.7 Å². The summed E-state index contributed by atoms with van der Waals surface area (Å²) in [6, 6.07) is 5.93. The highest BCUT2D eigenvalue weighted by atomic mass is 32.2. The third kappa shape index (κ3) is 5.82. The molecule has 2 saturated heterocycles. The number of pyridine rings is 1. The lowest BCUT2D eigenvalue weighted by Crippen LogP contribution is -2.34. The highest BCUT2D eigenvalue weighted by Crippen LogP contribution is 2.47. The van der Waals surface area contributed by atoms with Gasteiger partial charge in [0.2, 0.25) is 0 Å². The maximum Gasteiger partial charge on any atom is 0.416 e. The number of carbonyl (C=O) groups is 1. The third-order valence-electron chi connectivity index (χ3n) is 8.26. The van der Waals surface area contributed by atoms with E-state index >= 15 is 0 Å². The Morgan fingerprint density at radius 2 is 2.05 bits per heavy atom. The van der Waals surface area contributed by atoms with Crippen LogP contribution in [0, 0.1) is 12.8 Å². The minimum absolute atomic E-state index is 0.00174. The van der Waals surface area contributed by atoms with E-state index in [9.17, 15) is 18.0 Å². The van der Waals surface area contributed by atoms with Gasteiger partial charge in [0, 0.05) is 59.9 Å². The number of ketones is 1. The van der Waals surface area contributed by atoms with E-state index in [0.29, 0.717) is 28.5 Å². The number of Topliss-reactive ketones (excluding diaryl/α,β-unsaturated/α-hetero) is 1. The van der Waals surface area contributed by atoms with Gasteiger partial charge in [0.25, 0.3) is 0 Å². The second-order valence-electron chi connectivity index (χ2n) is 11.0. The molecule has 4 atom stereocenters. The van der Waals surface area contributed by atoms with Gasteiger partial charge in [-0.25, -0.2) is 9.97 Å². The fourth-order valence-electron chi connectivity index (χ4n) is 6.18. The fraction of sp³-hybridized carbons (Fsp3) is 0.517. The summed E-state index contributed by atoms with van der Waals surface area (Å²) in [6.07, 6.45) is 2.39. The fourth-order valence-corrected chi connectivity index (χ4v) is 7.90. The Morgan fingerprint density at radius 1 is 1.18 bits per heavy atom. The number of halogens is 3. The zero-order chi connectivity index (χ0) is 27.9. The molecule has 1 N–H and O–H groups in total. The Kier molecular flexibility index (Phi) is 7.71. The number of hydrogen-bond acceptors (Lipinski definition) is 8. The number of thioether (sulfide) groups is 1. The molecule has 3 aliphatic rings. The molecule has 40 heavy (non-hydrogen) atoms. The number of aryl methyl sites for hydroxylation is 2. The molecule has 0 radical (unpaired) electrons. The molecule has 4 heterocycles. The zero-order valence-electron chi connectivity index (χ0n) is 22.3. The Hall–Kier alpha value is -2.76. The molecular weight excluding hydrogens is 539 g/mol. The Morgan fingerprint density at radius 3 is 2.85 bits per heavy atom. The molecule has 0 saturated carbocycles. The largest absolute Gasteiger partial charge is 0.416 e. The summed E-state index contributed by atoms with van der Waals surface area (Å²) >= 11 is 1.97. The molecule has 11 heteroatoms. The number of likely N-dealkylation sites (tertiary alicyclic amines) is 1. The molecule has 2 fully saturated rings. The van der Waals surface area contributed by atoms with E-state index in [2.05, 4.69) is 31.2 Å². The Balaban J connectivity index is 1.14. The zero-order valence-corrected chi connectivity index (χ0v) is 23.1. The van der Waals surface area contributed by atoms with Crippen molar-refractivity contribution in [2.75, 3.05) is 38.2 Å². The van der Waals surface area contributed by atoms with Gasteiger partial charge >= 0.3 is 6.18 Å². The minimum atomic E-state index is -4.47. The van der Waals surface area contributed by atoms with Gasteiger partial charge in [-0.3, -0.25) is 14.7 Å². The number of fused-ring (bicyclic) bond motifs is 2. The first-order chi connectivity index (χ1) is 19.2. The number of nitrogens with zero attached hydrogens (tertiary/aromatic N) is 4. The lowest BCUT2D eigenvalue weighted by atomic mass is 10.0. The average molecular weight is 572 g/mol. The first-order valence-corrected chi connectivity index (χ1v) is 14.7. The number of benzene rings is 1. The van der Waals surface area contributed by atoms with Crippen LogP contribution in [0.4, 0.5) is 19.0 Å². The van der Waals surface area contributed by atoms with Crippen LogP contribution in [0.3, 0.4) is 0 Å². The molecule has 1 aromatic carbocycles. The number of hydrogen-bond donors (Lipinski definition) is 1. The van der Waals surface area contributed by atoms with Gasteiger partial charge in [-0.1, -0.05) is 0 Å². The minimum Gasteiger partial charge on any atom is -0.380 e. The predicted octanol–water partition coefficient (Wildman–Crippen LogP) is 5.23. The van der Waals surface area contributed by atoms with Crippen molar-refractivity contribution in [1.82, 2.24) is 19.9 Å². The van der Waals surface area contributed by atoms with Crippen LogP contribution in [0.2, 0.25) is 0 Å². The summed E-state index contributed by atoms with van der Waals surface area (Å²) in [7, 11) is 0. The molecule has 2 aliphatic heterocycles. The normalized spacial score (nSPS) is 25.0. The molecule has 1 aliphatic carbocycles. The van der Waals surface area contributed by atoms with Gasteiger partial charge in [0.1, 0.15) is 12.1 Å². The number of anilines is 1. The average Bonchev–Trinajstić information content (AvgIpc) is 3.68. The SMILES string of the molecule is Cc1cc2c(cn1)C(S[C@H]1CN(C3CCOC3)CC1CC(=O)CNc1ncnc3ccc(C(F)(F)F)cc13)CC2. The smallest absolute Gasteiger partial charge is 0.380 e. The summed E-state index contributed by atoms with van der Waals surface area (Å²) in [5.41, 5.74) is 3.36. The standard InChI is InChI=1S/C29H32F3N5O2S/c1-17-8-18-2-5-26(24(18)12-33-17)40-27-14-37(21-6-7-39-15-21)13-19(27)9-22(38)11-34-28-23-10-20(29(30,31)32)3-4-25(23)35-16-36-28/h3-4,8,10,12,16,19,21,26-27H,2,5-7,9,11,13-15H2,1H3,(H,34,35,36)/t19?,21?,26?,27-/m0/s1. The molecule has 212 valence electrons. The van der Waals surface area contributed by atoms with E-state index in [1.807, 2.05) is 24.9 Å². The van der Waals surface area contributed by atoms with E-state index in [4.69, 9.17) is 4.74 Å². The summed E-state index contributed by atoms with van der Waals surface area (Å²) in [5, 5.41) is 3.92. The lowest BCUT2D eigenvalue weighted by Gasteiger charge is -2.23. The van der Waals surface area contributed by atoms with Crippen LogP contribution in [0.15, 0.2) is 36.8 Å². The van der Waals surface area contributed by atoms with E-state index < -0.39 is 11.7 Å². The van der Waals surface area contributed by atoms with Gasteiger partial charge < -0.3 is 10.1 Å². The van der Waals surface area contributed by atoms with Crippen LogP contribution in [-0.4, -0.2) is 69.8 Å². The highest BCUT2D eigenvalue weighted by Gasteiger charge is 2.40. The van der Waals surface area contributed by atoms with E-state index in [0.717, 1.165) is 63.4 Å². The molecule has 0 bridgehead atoms. The van der Waals surface area contributed by atoms with Crippen molar-refractivity contribution in [3.63, 3.8) is 0 Å². The van der Waals surface area contributed by atoms with Gasteiger partial charge in [0.15, 0.2) is 5.78 Å². The quantitative estimate of drug-likeness (QED) is 0.394. The van der Waals surface area contributed by atoms with Crippen molar-refractivity contribution in [2.24, 2.45) is 5.92 Å². The molecule has 6 rings (SSSR count). The number of ether oxygens (including phenoxy) is 1. The topological polar surface area (TPSA) is 80.2 Å². The maximum atomic E-state index is 13.3. The summed E-state index contributed by atoms with van der Waals surface area (Å²) in [4.78, 5) is 28.5. The Labute approximate surface area is 235 Å². The first kappa shape index (κ1) is 27.4. The lowest BCUT2D eigenvalue weighted by molar-refractivity contribution is -0.137. The number of alkyl halides is 3. The van der Waals surface area contributed by atoms with Gasteiger partial charge in [-0.2, -0.15) is 13.2 Å². The van der Waals surface area contributed by atoms with Crippen LogP contribution in [0.5, 0.6) is 0 Å². The van der Waals surface area contributed by atoms with E-state index in [-0.39, 0.29) is 29.4 Å². The van der Waals surface area contributed by atoms with Gasteiger partial charge in [0.05, 0.1) is 24.2 Å².